The van der Waals surface area contributed by atoms with Crippen LogP contribution in [-0.2, 0) is 5.75 Å². The van der Waals surface area contributed by atoms with Gasteiger partial charge in [-0.15, -0.1) is 11.8 Å². The van der Waals surface area contributed by atoms with Crippen molar-refractivity contribution in [3.63, 3.8) is 0 Å². The molecule has 0 atom stereocenters. The van der Waals surface area contributed by atoms with Gasteiger partial charge in [0.25, 0.3) is 0 Å². The number of anilines is 1. The standard InChI is InChI=1S/C26H23N5O2S/c1-33-20-9-7-18(8-10-20)23-21(14-27)25(31-11-2-3-12-31)30-26(22(23)15-28)34-16-17-5-4-6-19(13-17)24(29)32/h4-10,13H,2-3,11-12,16H2,1H3,(H2,29,32). The topological polar surface area (TPSA) is 116 Å². The second-order valence-electron chi connectivity index (χ2n) is 7.87. The molecule has 1 aliphatic rings. The van der Waals surface area contributed by atoms with Gasteiger partial charge in [0.2, 0.25) is 5.91 Å². The van der Waals surface area contributed by atoms with E-state index < -0.39 is 5.91 Å². The molecule has 0 bridgehead atoms. The fourth-order valence-electron chi connectivity index (χ4n) is 4.04. The van der Waals surface area contributed by atoms with Crippen LogP contribution in [-0.4, -0.2) is 31.1 Å². The van der Waals surface area contributed by atoms with E-state index in [1.54, 1.807) is 25.3 Å². The number of nitrogens with zero attached hydrogens (tertiary/aromatic N) is 4. The highest BCUT2D eigenvalue weighted by Crippen LogP contribution is 2.39. The minimum atomic E-state index is -0.487. The predicted octanol–water partition coefficient (Wildman–Crippen LogP) is 4.49. The number of carbonyl (C=O) groups excluding carboxylic acids is 1. The number of methoxy groups -OCH3 is 1. The molecule has 0 unspecified atom stereocenters. The van der Waals surface area contributed by atoms with Crippen molar-refractivity contribution >= 4 is 23.5 Å². The van der Waals surface area contributed by atoms with Crippen molar-refractivity contribution < 1.29 is 9.53 Å². The Morgan fingerprint density at radius 2 is 1.82 bits per heavy atom. The molecule has 0 spiro atoms. The maximum atomic E-state index is 11.6. The van der Waals surface area contributed by atoms with Crippen molar-refractivity contribution in [2.45, 2.75) is 23.6 Å². The normalized spacial score (nSPS) is 12.7. The molecule has 7 nitrogen and oxygen atoms in total. The van der Waals surface area contributed by atoms with E-state index >= 15 is 0 Å². The van der Waals surface area contributed by atoms with E-state index in [4.69, 9.17) is 15.5 Å². The zero-order valence-corrected chi connectivity index (χ0v) is 19.6. The Morgan fingerprint density at radius 1 is 1.12 bits per heavy atom. The third kappa shape index (κ3) is 4.68. The molecule has 0 aliphatic carbocycles. The molecule has 2 N–H and O–H groups in total. The first-order chi connectivity index (χ1) is 16.5. The Kier molecular flexibility index (Phi) is 7.01. The lowest BCUT2D eigenvalue weighted by Gasteiger charge is -2.22. The monoisotopic (exact) mass is 469 g/mol. The van der Waals surface area contributed by atoms with Gasteiger partial charge < -0.3 is 15.4 Å². The third-order valence-corrected chi connectivity index (χ3v) is 6.79. The summed E-state index contributed by atoms with van der Waals surface area (Å²) in [6, 6.07) is 19.1. The molecule has 1 saturated heterocycles. The van der Waals surface area contributed by atoms with Gasteiger partial charge in [0.1, 0.15) is 34.3 Å². The van der Waals surface area contributed by atoms with Crippen LogP contribution < -0.4 is 15.4 Å². The SMILES string of the molecule is COc1ccc(-c2c(C#N)c(SCc3cccc(C(N)=O)c3)nc(N3CCCC3)c2C#N)cc1. The van der Waals surface area contributed by atoms with Crippen LogP contribution in [0.5, 0.6) is 5.75 Å². The van der Waals surface area contributed by atoms with Crippen LogP contribution >= 0.6 is 11.8 Å². The molecule has 2 heterocycles. The number of ether oxygens (including phenoxy) is 1. The Balaban J connectivity index is 1.82. The predicted molar refractivity (Wildman–Crippen MR) is 132 cm³/mol. The fraction of sp³-hybridized carbons (Fsp3) is 0.231. The first-order valence-electron chi connectivity index (χ1n) is 10.8. The van der Waals surface area contributed by atoms with Crippen molar-refractivity contribution in [2.75, 3.05) is 25.1 Å². The summed E-state index contributed by atoms with van der Waals surface area (Å²) in [5, 5.41) is 20.8. The van der Waals surface area contributed by atoms with E-state index in [1.165, 1.54) is 11.8 Å². The highest BCUT2D eigenvalue weighted by Gasteiger charge is 2.26. The van der Waals surface area contributed by atoms with Crippen molar-refractivity contribution in [2.24, 2.45) is 5.73 Å². The molecule has 1 aromatic heterocycles. The third-order valence-electron chi connectivity index (χ3n) is 5.74. The molecule has 1 fully saturated rings. The van der Waals surface area contributed by atoms with Crippen molar-refractivity contribution in [1.82, 2.24) is 4.98 Å². The number of rotatable bonds is 7. The lowest BCUT2D eigenvalue weighted by molar-refractivity contribution is 0.1000. The summed E-state index contributed by atoms with van der Waals surface area (Å²) in [4.78, 5) is 18.5. The zero-order chi connectivity index (χ0) is 24.1. The number of hydrogen-bond acceptors (Lipinski definition) is 7. The molecule has 170 valence electrons. The highest BCUT2D eigenvalue weighted by molar-refractivity contribution is 7.98. The molecule has 0 radical (unpaired) electrons. The molecular weight excluding hydrogens is 446 g/mol. The number of nitriles is 2. The summed E-state index contributed by atoms with van der Waals surface area (Å²) >= 11 is 1.41. The Morgan fingerprint density at radius 3 is 2.44 bits per heavy atom. The van der Waals surface area contributed by atoms with Gasteiger partial charge >= 0.3 is 0 Å². The molecule has 3 aromatic rings. The number of aromatic nitrogens is 1. The number of carbonyl (C=O) groups is 1. The van der Waals surface area contributed by atoms with Gasteiger partial charge in [0, 0.05) is 30.0 Å². The smallest absolute Gasteiger partial charge is 0.248 e. The number of benzene rings is 2. The first kappa shape index (κ1) is 23.2. The first-order valence-corrected chi connectivity index (χ1v) is 11.8. The number of primary amides is 1. The summed E-state index contributed by atoms with van der Waals surface area (Å²) in [5.41, 5.74) is 8.85. The van der Waals surface area contributed by atoms with Crippen molar-refractivity contribution in [3.05, 3.63) is 70.8 Å². The average Bonchev–Trinajstić information content (AvgIpc) is 3.41. The van der Waals surface area contributed by atoms with E-state index in [0.717, 1.165) is 37.1 Å². The number of amides is 1. The number of pyridine rings is 1. The van der Waals surface area contributed by atoms with Gasteiger partial charge in [-0.2, -0.15) is 10.5 Å². The Labute approximate surface area is 202 Å². The molecule has 1 amide bonds. The van der Waals surface area contributed by atoms with Gasteiger partial charge in [-0.1, -0.05) is 24.3 Å². The fourth-order valence-corrected chi connectivity index (χ4v) is 4.96. The van der Waals surface area contributed by atoms with Gasteiger partial charge in [0.05, 0.1) is 12.7 Å². The molecule has 34 heavy (non-hydrogen) atoms. The highest BCUT2D eigenvalue weighted by atomic mass is 32.2. The number of nitrogens with two attached hydrogens (primary N) is 1. The quantitative estimate of drug-likeness (QED) is 0.507. The van der Waals surface area contributed by atoms with Crippen LogP contribution in [0.25, 0.3) is 11.1 Å². The van der Waals surface area contributed by atoms with Gasteiger partial charge in [-0.3, -0.25) is 4.79 Å². The zero-order valence-electron chi connectivity index (χ0n) is 18.7. The lowest BCUT2D eigenvalue weighted by atomic mass is 9.96. The second-order valence-corrected chi connectivity index (χ2v) is 8.83. The Bertz CT molecular complexity index is 1300. The molecule has 4 rings (SSSR count). The molecular formula is C26H23N5O2S. The van der Waals surface area contributed by atoms with Crippen LogP contribution in [0.15, 0.2) is 53.6 Å². The summed E-state index contributed by atoms with van der Waals surface area (Å²) in [6.45, 7) is 1.64. The number of hydrogen-bond donors (Lipinski definition) is 1. The summed E-state index contributed by atoms with van der Waals surface area (Å²) in [6.07, 6.45) is 2.07. The van der Waals surface area contributed by atoms with E-state index in [2.05, 4.69) is 17.0 Å². The van der Waals surface area contributed by atoms with Crippen LogP contribution in [0.4, 0.5) is 5.82 Å². The van der Waals surface area contributed by atoms with E-state index in [0.29, 0.717) is 44.6 Å². The van der Waals surface area contributed by atoms with Crippen LogP contribution in [0.2, 0.25) is 0 Å². The van der Waals surface area contributed by atoms with E-state index in [-0.39, 0.29) is 0 Å². The molecule has 0 saturated carbocycles. The molecule has 8 heteroatoms. The van der Waals surface area contributed by atoms with Gasteiger partial charge in [0.15, 0.2) is 0 Å². The van der Waals surface area contributed by atoms with Crippen LogP contribution in [0, 0.1) is 22.7 Å². The average molecular weight is 470 g/mol. The number of thioether (sulfide) groups is 1. The van der Waals surface area contributed by atoms with E-state index in [1.807, 2.05) is 30.3 Å². The second kappa shape index (κ2) is 10.3. The van der Waals surface area contributed by atoms with Crippen molar-refractivity contribution in [3.8, 4) is 29.0 Å². The largest absolute Gasteiger partial charge is 0.497 e. The molecule has 2 aromatic carbocycles. The lowest BCUT2D eigenvalue weighted by Crippen LogP contribution is -2.21. The minimum Gasteiger partial charge on any atom is -0.497 e. The Hall–Kier alpha value is -4.01. The molecule has 1 aliphatic heterocycles. The van der Waals surface area contributed by atoms with Gasteiger partial charge in [-0.25, -0.2) is 4.98 Å². The minimum absolute atomic E-state index is 0.362. The van der Waals surface area contributed by atoms with Crippen molar-refractivity contribution in [1.29, 1.82) is 10.5 Å². The summed E-state index contributed by atoms with van der Waals surface area (Å²) in [5.74, 6) is 1.31. The van der Waals surface area contributed by atoms with E-state index in [9.17, 15) is 15.3 Å². The van der Waals surface area contributed by atoms with Gasteiger partial charge in [-0.05, 0) is 48.2 Å². The maximum absolute atomic E-state index is 11.6. The maximum Gasteiger partial charge on any atom is 0.248 e. The van der Waals surface area contributed by atoms with Crippen LogP contribution in [0.3, 0.4) is 0 Å². The summed E-state index contributed by atoms with van der Waals surface area (Å²) < 4.78 is 5.27. The summed E-state index contributed by atoms with van der Waals surface area (Å²) in [7, 11) is 1.59. The van der Waals surface area contributed by atoms with Crippen LogP contribution in [0.1, 0.15) is 39.9 Å².